The number of halogens is 1. The normalized spacial score (nSPS) is 16.9. The van der Waals surface area contributed by atoms with Crippen LogP contribution >= 0.6 is 0 Å². The van der Waals surface area contributed by atoms with E-state index in [0.717, 1.165) is 10.4 Å². The first-order valence-electron chi connectivity index (χ1n) is 4.91. The van der Waals surface area contributed by atoms with E-state index in [1.54, 1.807) is 0 Å². The lowest BCUT2D eigenvalue weighted by Gasteiger charge is -2.16. The summed E-state index contributed by atoms with van der Waals surface area (Å²) in [7, 11) is -3.56. The van der Waals surface area contributed by atoms with Gasteiger partial charge in [0.25, 0.3) is 0 Å². The maximum atomic E-state index is 13.0. The van der Waals surface area contributed by atoms with Crippen molar-refractivity contribution in [1.82, 2.24) is 0 Å². The molecule has 0 saturated carbocycles. The highest BCUT2D eigenvalue weighted by atomic mass is 32.2. The Morgan fingerprint density at radius 1 is 1.47 bits per heavy atom. The van der Waals surface area contributed by atoms with Crippen LogP contribution in [-0.4, -0.2) is 26.0 Å². The number of nitrogens with zero attached hydrogens (tertiary/aromatic N) is 1. The van der Waals surface area contributed by atoms with Crippen molar-refractivity contribution >= 4 is 21.7 Å². The van der Waals surface area contributed by atoms with Crippen LogP contribution in [0.25, 0.3) is 0 Å². The number of benzene rings is 1. The summed E-state index contributed by atoms with van der Waals surface area (Å²) < 4.78 is 37.5. The summed E-state index contributed by atoms with van der Waals surface area (Å²) in [6.07, 6.45) is -0.310. The van der Waals surface area contributed by atoms with Gasteiger partial charge in [-0.25, -0.2) is 12.8 Å². The third-order valence-electron chi connectivity index (χ3n) is 2.52. The second-order valence-electron chi connectivity index (χ2n) is 3.75. The predicted octanol–water partition coefficient (Wildman–Crippen LogP) is 0.950. The molecule has 17 heavy (non-hydrogen) atoms. The molecule has 2 rings (SSSR count). The first kappa shape index (κ1) is 11.8. The van der Waals surface area contributed by atoms with Crippen molar-refractivity contribution in [1.29, 1.82) is 0 Å². The molecular weight excluding hydrogens is 249 g/mol. The van der Waals surface area contributed by atoms with Crippen molar-refractivity contribution in [2.24, 2.45) is 0 Å². The van der Waals surface area contributed by atoms with E-state index in [2.05, 4.69) is 0 Å². The fourth-order valence-corrected chi connectivity index (χ4v) is 3.40. The molecule has 0 aliphatic carbocycles. The zero-order valence-corrected chi connectivity index (χ0v) is 9.58. The second-order valence-corrected chi connectivity index (χ2v) is 5.64. The Bertz CT molecular complexity index is 570. The molecule has 92 valence electrons. The molecule has 0 atom stereocenters. The second kappa shape index (κ2) is 3.99. The molecule has 0 saturated heterocycles. The number of anilines is 1. The summed E-state index contributed by atoms with van der Waals surface area (Å²) in [4.78, 5) is 10.5. The van der Waals surface area contributed by atoms with Gasteiger partial charge in [-0.1, -0.05) is 6.07 Å². The molecule has 0 radical (unpaired) electrons. The molecule has 0 unspecified atom stereocenters. The van der Waals surface area contributed by atoms with Crippen LogP contribution in [0.15, 0.2) is 18.2 Å². The standard InChI is InChI=1S/C10H10FNO4S/c11-8-2-1-7-6-17(15,16)12(9(7)5-8)4-3-10(13)14/h1-2,5H,3-4,6H2,(H,13,14). The SMILES string of the molecule is O=C(O)CCN1c2cc(F)ccc2CS1(=O)=O. The molecule has 1 aliphatic heterocycles. The minimum Gasteiger partial charge on any atom is -0.481 e. The van der Waals surface area contributed by atoms with Crippen LogP contribution in [-0.2, 0) is 20.6 Å². The van der Waals surface area contributed by atoms with Gasteiger partial charge >= 0.3 is 5.97 Å². The van der Waals surface area contributed by atoms with Gasteiger partial charge in [-0.05, 0) is 17.7 Å². The van der Waals surface area contributed by atoms with Gasteiger partial charge < -0.3 is 5.11 Å². The molecule has 1 N–H and O–H groups in total. The Morgan fingerprint density at radius 2 is 2.18 bits per heavy atom. The summed E-state index contributed by atoms with van der Waals surface area (Å²) >= 11 is 0. The molecule has 0 fully saturated rings. The molecule has 1 aromatic rings. The lowest BCUT2D eigenvalue weighted by molar-refractivity contribution is -0.136. The molecule has 0 aromatic heterocycles. The van der Waals surface area contributed by atoms with E-state index in [1.807, 2.05) is 0 Å². The summed E-state index contributed by atoms with van der Waals surface area (Å²) in [5, 5.41) is 8.55. The molecule has 0 bridgehead atoms. The van der Waals surface area contributed by atoms with Gasteiger partial charge in [0.2, 0.25) is 10.0 Å². The first-order chi connectivity index (χ1) is 7.90. The molecule has 0 spiro atoms. The predicted molar refractivity (Wildman–Crippen MR) is 58.6 cm³/mol. The minimum atomic E-state index is -3.56. The average molecular weight is 259 g/mol. The van der Waals surface area contributed by atoms with Crippen molar-refractivity contribution in [2.45, 2.75) is 12.2 Å². The zero-order chi connectivity index (χ0) is 12.6. The van der Waals surface area contributed by atoms with Crippen LogP contribution in [0.5, 0.6) is 0 Å². The molecule has 1 aromatic carbocycles. The van der Waals surface area contributed by atoms with Gasteiger partial charge in [0.05, 0.1) is 17.9 Å². The van der Waals surface area contributed by atoms with E-state index in [0.29, 0.717) is 5.56 Å². The van der Waals surface area contributed by atoms with E-state index in [4.69, 9.17) is 5.11 Å². The van der Waals surface area contributed by atoms with Crippen molar-refractivity contribution < 1.29 is 22.7 Å². The van der Waals surface area contributed by atoms with Crippen molar-refractivity contribution in [3.05, 3.63) is 29.6 Å². The van der Waals surface area contributed by atoms with Crippen LogP contribution in [0, 0.1) is 5.82 Å². The van der Waals surface area contributed by atoms with Gasteiger partial charge in [0, 0.05) is 6.54 Å². The van der Waals surface area contributed by atoms with Gasteiger partial charge in [0.15, 0.2) is 0 Å². The number of hydrogen-bond acceptors (Lipinski definition) is 3. The van der Waals surface area contributed by atoms with Crippen LogP contribution in [0.3, 0.4) is 0 Å². The van der Waals surface area contributed by atoms with E-state index in [-0.39, 0.29) is 24.4 Å². The molecular formula is C10H10FNO4S. The fourth-order valence-electron chi connectivity index (χ4n) is 1.77. The molecule has 1 aliphatic rings. The topological polar surface area (TPSA) is 74.7 Å². The summed E-state index contributed by atoms with van der Waals surface area (Å²) in [6, 6.07) is 3.71. The smallest absolute Gasteiger partial charge is 0.305 e. The summed E-state index contributed by atoms with van der Waals surface area (Å²) in [5.41, 5.74) is 0.739. The molecule has 1 heterocycles. The number of hydrogen-bond donors (Lipinski definition) is 1. The lowest BCUT2D eigenvalue weighted by atomic mass is 10.2. The third kappa shape index (κ3) is 2.23. The van der Waals surface area contributed by atoms with Gasteiger partial charge in [-0.3, -0.25) is 9.10 Å². The monoisotopic (exact) mass is 259 g/mol. The highest BCUT2D eigenvalue weighted by molar-refractivity contribution is 7.92. The quantitative estimate of drug-likeness (QED) is 0.877. The zero-order valence-electron chi connectivity index (χ0n) is 8.76. The van der Waals surface area contributed by atoms with E-state index in [9.17, 15) is 17.6 Å². The van der Waals surface area contributed by atoms with Crippen LogP contribution in [0.2, 0.25) is 0 Å². The van der Waals surface area contributed by atoms with Crippen LogP contribution < -0.4 is 4.31 Å². The minimum absolute atomic E-state index is 0.173. The maximum Gasteiger partial charge on any atom is 0.305 e. The number of fused-ring (bicyclic) bond motifs is 1. The van der Waals surface area contributed by atoms with Crippen molar-refractivity contribution in [3.63, 3.8) is 0 Å². The molecule has 7 heteroatoms. The fraction of sp³-hybridized carbons (Fsp3) is 0.300. The average Bonchev–Trinajstić information content (AvgIpc) is 2.45. The van der Waals surface area contributed by atoms with Gasteiger partial charge in [-0.15, -0.1) is 0 Å². The number of aliphatic carboxylic acids is 1. The van der Waals surface area contributed by atoms with E-state index in [1.165, 1.54) is 12.1 Å². The van der Waals surface area contributed by atoms with Crippen LogP contribution in [0.4, 0.5) is 10.1 Å². The Balaban J connectivity index is 2.37. The highest BCUT2D eigenvalue weighted by Gasteiger charge is 2.33. The number of carboxylic acid groups (broad SMARTS) is 1. The molecule has 5 nitrogen and oxygen atoms in total. The highest BCUT2D eigenvalue weighted by Crippen LogP contribution is 2.33. The number of rotatable bonds is 3. The van der Waals surface area contributed by atoms with Gasteiger partial charge in [-0.2, -0.15) is 0 Å². The van der Waals surface area contributed by atoms with E-state index < -0.39 is 21.8 Å². The number of sulfonamides is 1. The third-order valence-corrected chi connectivity index (χ3v) is 4.25. The van der Waals surface area contributed by atoms with E-state index >= 15 is 0 Å². The number of carbonyl (C=O) groups is 1. The maximum absolute atomic E-state index is 13.0. The largest absolute Gasteiger partial charge is 0.481 e. The first-order valence-corrected chi connectivity index (χ1v) is 6.52. The summed E-state index contributed by atoms with van der Waals surface area (Å²) in [5.74, 6) is -1.84. The Hall–Kier alpha value is -1.63. The Labute approximate surface area is 97.5 Å². The molecule has 0 amide bonds. The Kier molecular flexibility index (Phi) is 2.78. The van der Waals surface area contributed by atoms with Crippen molar-refractivity contribution in [2.75, 3.05) is 10.8 Å². The Morgan fingerprint density at radius 3 is 2.82 bits per heavy atom. The van der Waals surface area contributed by atoms with Gasteiger partial charge in [0.1, 0.15) is 5.82 Å². The lowest BCUT2D eigenvalue weighted by Crippen LogP contribution is -2.29. The van der Waals surface area contributed by atoms with Crippen LogP contribution in [0.1, 0.15) is 12.0 Å². The number of carboxylic acids is 1. The van der Waals surface area contributed by atoms with Crippen molar-refractivity contribution in [3.8, 4) is 0 Å². The summed E-state index contributed by atoms with van der Waals surface area (Å²) in [6.45, 7) is -0.173.